The van der Waals surface area contributed by atoms with Gasteiger partial charge in [-0.2, -0.15) is 0 Å². The summed E-state index contributed by atoms with van der Waals surface area (Å²) in [6.45, 7) is 0.299. The second-order valence-electron chi connectivity index (χ2n) is 6.22. The van der Waals surface area contributed by atoms with E-state index in [0.717, 1.165) is 30.6 Å². The highest BCUT2D eigenvalue weighted by molar-refractivity contribution is 7.09. The molecule has 3 N–H and O–H groups in total. The number of amides is 3. The quantitative estimate of drug-likeness (QED) is 0.706. The molecule has 0 radical (unpaired) electrons. The molecule has 0 spiro atoms. The van der Waals surface area contributed by atoms with Gasteiger partial charge in [-0.05, 0) is 36.4 Å². The summed E-state index contributed by atoms with van der Waals surface area (Å²) >= 11 is 1.50. The first kappa shape index (κ1) is 18.1. The van der Waals surface area contributed by atoms with Crippen LogP contribution in [-0.4, -0.2) is 23.8 Å². The van der Waals surface area contributed by atoms with Crippen LogP contribution in [0.1, 0.15) is 40.9 Å². The van der Waals surface area contributed by atoms with Crippen LogP contribution in [0.3, 0.4) is 0 Å². The van der Waals surface area contributed by atoms with Gasteiger partial charge in [-0.25, -0.2) is 0 Å². The maximum absolute atomic E-state index is 12.5. The number of benzene rings is 1. The molecule has 1 aromatic carbocycles. The molecule has 26 heavy (non-hydrogen) atoms. The molecule has 3 amide bonds. The monoisotopic (exact) mass is 371 g/mol. The van der Waals surface area contributed by atoms with Crippen LogP contribution in [0.5, 0.6) is 0 Å². The van der Waals surface area contributed by atoms with Crippen molar-refractivity contribution in [2.75, 3.05) is 5.32 Å². The number of nitrogens with one attached hydrogen (secondary N) is 3. The average molecular weight is 371 g/mol. The molecule has 2 aromatic rings. The maximum Gasteiger partial charge on any atom is 0.313 e. The van der Waals surface area contributed by atoms with Crippen molar-refractivity contribution in [2.45, 2.75) is 38.3 Å². The molecular formula is C19H21N3O3S. The van der Waals surface area contributed by atoms with Crippen LogP contribution in [0.15, 0.2) is 41.8 Å². The lowest BCUT2D eigenvalue weighted by Gasteiger charge is -2.15. The lowest BCUT2D eigenvalue weighted by atomic mass is 10.1. The van der Waals surface area contributed by atoms with Crippen LogP contribution in [-0.2, 0) is 16.1 Å². The predicted molar refractivity (Wildman–Crippen MR) is 101 cm³/mol. The van der Waals surface area contributed by atoms with Gasteiger partial charge in [0.15, 0.2) is 0 Å². The van der Waals surface area contributed by atoms with E-state index in [1.54, 1.807) is 24.3 Å². The molecule has 6 nitrogen and oxygen atoms in total. The number of para-hydroxylation sites is 1. The second kappa shape index (κ2) is 8.62. The number of hydrogen-bond acceptors (Lipinski definition) is 4. The maximum atomic E-state index is 12.5. The van der Waals surface area contributed by atoms with Crippen LogP contribution in [0, 0.1) is 0 Å². The summed E-state index contributed by atoms with van der Waals surface area (Å²) in [6, 6.07) is 10.6. The number of carbonyl (C=O) groups is 3. The minimum absolute atomic E-state index is 0.181. The first-order valence-electron chi connectivity index (χ1n) is 8.65. The van der Waals surface area contributed by atoms with Crippen LogP contribution in [0.25, 0.3) is 0 Å². The predicted octanol–water partition coefficient (Wildman–Crippen LogP) is 2.68. The van der Waals surface area contributed by atoms with E-state index < -0.39 is 11.8 Å². The molecule has 0 unspecified atom stereocenters. The second-order valence-corrected chi connectivity index (χ2v) is 7.25. The van der Waals surface area contributed by atoms with Crippen LogP contribution >= 0.6 is 11.3 Å². The van der Waals surface area contributed by atoms with Crippen LogP contribution in [0.2, 0.25) is 0 Å². The third-order valence-corrected chi connectivity index (χ3v) is 5.20. The van der Waals surface area contributed by atoms with Gasteiger partial charge in [0.2, 0.25) is 0 Å². The summed E-state index contributed by atoms with van der Waals surface area (Å²) in [5.41, 5.74) is 0.693. The molecule has 1 heterocycles. The molecule has 1 fully saturated rings. The lowest BCUT2D eigenvalue weighted by Crippen LogP contribution is -2.36. The molecular weight excluding hydrogens is 350 g/mol. The fourth-order valence-electron chi connectivity index (χ4n) is 2.96. The summed E-state index contributed by atoms with van der Waals surface area (Å²) in [5, 5.41) is 10.0. The van der Waals surface area contributed by atoms with Gasteiger partial charge in [-0.3, -0.25) is 14.4 Å². The Kier molecular flexibility index (Phi) is 6.01. The van der Waals surface area contributed by atoms with E-state index in [0.29, 0.717) is 17.8 Å². The van der Waals surface area contributed by atoms with E-state index in [2.05, 4.69) is 16.0 Å². The molecule has 1 saturated carbocycles. The largest absolute Gasteiger partial charge is 0.349 e. The van der Waals surface area contributed by atoms with E-state index in [9.17, 15) is 14.4 Å². The van der Waals surface area contributed by atoms with Gasteiger partial charge in [0.25, 0.3) is 5.91 Å². The molecule has 1 aliphatic carbocycles. The Morgan fingerprint density at radius 2 is 1.77 bits per heavy atom. The van der Waals surface area contributed by atoms with E-state index in [1.165, 1.54) is 11.3 Å². The van der Waals surface area contributed by atoms with Gasteiger partial charge in [-0.15, -0.1) is 11.3 Å². The fraction of sp³-hybridized carbons (Fsp3) is 0.316. The van der Waals surface area contributed by atoms with Gasteiger partial charge in [0.05, 0.1) is 17.8 Å². The Bertz CT molecular complexity index is 783. The molecule has 1 aromatic heterocycles. The average Bonchev–Trinajstić information content (AvgIpc) is 3.33. The lowest BCUT2D eigenvalue weighted by molar-refractivity contribution is -0.136. The topological polar surface area (TPSA) is 87.3 Å². The van der Waals surface area contributed by atoms with Gasteiger partial charge in [0.1, 0.15) is 0 Å². The molecule has 0 saturated heterocycles. The number of anilines is 1. The van der Waals surface area contributed by atoms with Crippen molar-refractivity contribution in [3.63, 3.8) is 0 Å². The van der Waals surface area contributed by atoms with E-state index in [1.807, 2.05) is 17.5 Å². The molecule has 0 atom stereocenters. The van der Waals surface area contributed by atoms with Crippen molar-refractivity contribution in [3.05, 3.63) is 52.2 Å². The Labute approximate surface area is 156 Å². The third kappa shape index (κ3) is 4.70. The zero-order valence-corrected chi connectivity index (χ0v) is 15.1. The van der Waals surface area contributed by atoms with E-state index in [-0.39, 0.29) is 11.9 Å². The molecule has 0 aliphatic heterocycles. The molecule has 136 valence electrons. The fourth-order valence-corrected chi connectivity index (χ4v) is 3.61. The molecule has 3 rings (SSSR count). The third-order valence-electron chi connectivity index (χ3n) is 4.32. The summed E-state index contributed by atoms with van der Waals surface area (Å²) in [7, 11) is 0. The van der Waals surface area contributed by atoms with Crippen molar-refractivity contribution < 1.29 is 14.4 Å². The number of carbonyl (C=O) groups excluding carboxylic acids is 3. The highest BCUT2D eigenvalue weighted by atomic mass is 32.1. The Hall–Kier alpha value is -2.67. The minimum atomic E-state index is -0.789. The van der Waals surface area contributed by atoms with Crippen molar-refractivity contribution in [3.8, 4) is 0 Å². The number of rotatable bonds is 5. The number of hydrogen-bond donors (Lipinski definition) is 3. The van der Waals surface area contributed by atoms with E-state index in [4.69, 9.17) is 0 Å². The Morgan fingerprint density at radius 3 is 2.50 bits per heavy atom. The Morgan fingerprint density at radius 1 is 1.00 bits per heavy atom. The Balaban J connectivity index is 1.60. The molecule has 7 heteroatoms. The molecule has 1 aliphatic rings. The zero-order chi connectivity index (χ0) is 18.4. The van der Waals surface area contributed by atoms with E-state index >= 15 is 0 Å². The van der Waals surface area contributed by atoms with Crippen LogP contribution in [0.4, 0.5) is 5.69 Å². The number of thiophene rings is 1. The van der Waals surface area contributed by atoms with Gasteiger partial charge < -0.3 is 16.0 Å². The first-order chi connectivity index (χ1) is 12.6. The van der Waals surface area contributed by atoms with Gasteiger partial charge in [-0.1, -0.05) is 31.0 Å². The van der Waals surface area contributed by atoms with Crippen molar-refractivity contribution in [1.29, 1.82) is 0 Å². The SMILES string of the molecule is O=C(NCc1cccs1)C(=O)Nc1ccccc1C(=O)NC1CCCC1. The highest BCUT2D eigenvalue weighted by Crippen LogP contribution is 2.20. The standard InChI is InChI=1S/C19H21N3O3S/c23-17(21-13-6-1-2-7-13)15-9-3-4-10-16(15)22-19(25)18(24)20-12-14-8-5-11-26-14/h3-5,8-11,13H,1-2,6-7,12H2,(H,20,24)(H,21,23)(H,22,25). The van der Waals surface area contributed by atoms with Crippen molar-refractivity contribution in [2.24, 2.45) is 0 Å². The minimum Gasteiger partial charge on any atom is -0.349 e. The van der Waals surface area contributed by atoms with Crippen molar-refractivity contribution >= 4 is 34.7 Å². The summed E-state index contributed by atoms with van der Waals surface area (Å²) < 4.78 is 0. The highest BCUT2D eigenvalue weighted by Gasteiger charge is 2.21. The zero-order valence-electron chi connectivity index (χ0n) is 14.3. The first-order valence-corrected chi connectivity index (χ1v) is 9.53. The summed E-state index contributed by atoms with van der Waals surface area (Å²) in [6.07, 6.45) is 4.19. The van der Waals surface area contributed by atoms with Gasteiger partial charge in [0, 0.05) is 10.9 Å². The normalized spacial score (nSPS) is 14.0. The van der Waals surface area contributed by atoms with Crippen LogP contribution < -0.4 is 16.0 Å². The molecule has 0 bridgehead atoms. The van der Waals surface area contributed by atoms with Gasteiger partial charge >= 0.3 is 11.8 Å². The smallest absolute Gasteiger partial charge is 0.313 e. The summed E-state index contributed by atoms with van der Waals surface area (Å²) in [4.78, 5) is 37.6. The summed E-state index contributed by atoms with van der Waals surface area (Å²) in [5.74, 6) is -1.75. The van der Waals surface area contributed by atoms with Crippen molar-refractivity contribution in [1.82, 2.24) is 10.6 Å².